The van der Waals surface area contributed by atoms with Crippen molar-refractivity contribution in [2.45, 2.75) is 25.3 Å². The molecule has 1 aliphatic rings. The topological polar surface area (TPSA) is 64.4 Å². The van der Waals surface area contributed by atoms with Gasteiger partial charge in [0.2, 0.25) is 5.91 Å². The molecule has 2 aromatic carbocycles. The normalized spacial score (nSPS) is 15.6. The summed E-state index contributed by atoms with van der Waals surface area (Å²) in [4.78, 5) is 16.7. The van der Waals surface area contributed by atoms with Crippen LogP contribution >= 0.6 is 23.2 Å². The zero-order chi connectivity index (χ0) is 19.5. The van der Waals surface area contributed by atoms with Gasteiger partial charge in [-0.3, -0.25) is 4.79 Å². The summed E-state index contributed by atoms with van der Waals surface area (Å²) < 4.78 is 11.4. The number of oxazole rings is 1. The van der Waals surface area contributed by atoms with Crippen LogP contribution in [0.1, 0.15) is 30.3 Å². The lowest BCUT2D eigenvalue weighted by molar-refractivity contribution is -0.122. The number of hydrogen-bond donors (Lipinski definition) is 1. The van der Waals surface area contributed by atoms with Crippen LogP contribution in [-0.4, -0.2) is 17.5 Å². The average molecular weight is 417 g/mol. The number of nitrogens with one attached hydrogen (secondary N) is 1. The van der Waals surface area contributed by atoms with Crippen LogP contribution in [0.5, 0.6) is 5.75 Å². The van der Waals surface area contributed by atoms with Gasteiger partial charge in [0.1, 0.15) is 5.75 Å². The Morgan fingerprint density at radius 1 is 1.21 bits per heavy atom. The van der Waals surface area contributed by atoms with E-state index in [1.54, 1.807) is 24.4 Å². The zero-order valence-corrected chi connectivity index (χ0v) is 16.5. The van der Waals surface area contributed by atoms with Crippen molar-refractivity contribution in [3.8, 4) is 17.1 Å². The highest BCUT2D eigenvalue weighted by atomic mass is 35.5. The lowest BCUT2D eigenvalue weighted by Crippen LogP contribution is -2.32. The second-order valence-electron chi connectivity index (χ2n) is 6.54. The van der Waals surface area contributed by atoms with Crippen LogP contribution in [0, 0.1) is 0 Å². The summed E-state index contributed by atoms with van der Waals surface area (Å²) in [5.41, 5.74) is 1.73. The van der Waals surface area contributed by atoms with Crippen molar-refractivity contribution in [1.82, 2.24) is 10.3 Å². The second kappa shape index (κ2) is 8.25. The highest BCUT2D eigenvalue weighted by Gasteiger charge is 2.22. The number of aromatic nitrogens is 1. The molecule has 5 nitrogen and oxygen atoms in total. The molecule has 0 saturated heterocycles. The van der Waals surface area contributed by atoms with E-state index in [0.717, 1.165) is 17.7 Å². The van der Waals surface area contributed by atoms with Crippen LogP contribution in [0.25, 0.3) is 11.3 Å². The van der Waals surface area contributed by atoms with Crippen molar-refractivity contribution in [2.24, 2.45) is 0 Å². The summed E-state index contributed by atoms with van der Waals surface area (Å²) in [7, 11) is 0. The molecule has 28 heavy (non-hydrogen) atoms. The van der Waals surface area contributed by atoms with Gasteiger partial charge in [-0.2, -0.15) is 0 Å². The van der Waals surface area contributed by atoms with Crippen molar-refractivity contribution in [3.63, 3.8) is 0 Å². The maximum absolute atomic E-state index is 12.4. The third-order valence-electron chi connectivity index (χ3n) is 4.61. The first-order valence-electron chi connectivity index (χ1n) is 9.01. The van der Waals surface area contributed by atoms with Gasteiger partial charge in [-0.25, -0.2) is 4.98 Å². The van der Waals surface area contributed by atoms with Gasteiger partial charge < -0.3 is 14.5 Å². The quantitative estimate of drug-likeness (QED) is 0.618. The summed E-state index contributed by atoms with van der Waals surface area (Å²) in [5.74, 6) is 1.82. The van der Waals surface area contributed by atoms with Crippen molar-refractivity contribution in [2.75, 3.05) is 6.61 Å². The second-order valence-corrected chi connectivity index (χ2v) is 7.38. The molecule has 1 N–H and O–H groups in total. The Bertz CT molecular complexity index is 1000. The highest BCUT2D eigenvalue weighted by molar-refractivity contribution is 6.36. The summed E-state index contributed by atoms with van der Waals surface area (Å²) >= 11 is 12.1. The van der Waals surface area contributed by atoms with E-state index in [9.17, 15) is 4.79 Å². The minimum absolute atomic E-state index is 0.0366. The number of carbonyl (C=O) groups excluding carboxylic acids is 1. The number of nitrogens with zero attached hydrogens (tertiary/aromatic N) is 1. The van der Waals surface area contributed by atoms with Gasteiger partial charge in [-0.1, -0.05) is 41.4 Å². The van der Waals surface area contributed by atoms with Gasteiger partial charge in [-0.05, 0) is 24.3 Å². The fourth-order valence-corrected chi connectivity index (χ4v) is 3.72. The number of rotatable bonds is 5. The van der Waals surface area contributed by atoms with Crippen molar-refractivity contribution >= 4 is 29.1 Å². The molecule has 0 bridgehead atoms. The predicted octanol–water partition coefficient (Wildman–Crippen LogP) is 5.22. The number of fused-ring (bicyclic) bond motifs is 1. The molecule has 1 unspecified atom stereocenters. The SMILES string of the molecule is O=C(CCc1ncc(-c2ccc(Cl)cc2Cl)o1)NC1CCOc2ccccc21. The Hall–Kier alpha value is -2.50. The van der Waals surface area contributed by atoms with Gasteiger partial charge in [-0.15, -0.1) is 0 Å². The first kappa shape index (κ1) is 18.8. The molecule has 0 aliphatic carbocycles. The maximum Gasteiger partial charge on any atom is 0.220 e. The smallest absolute Gasteiger partial charge is 0.220 e. The van der Waals surface area contributed by atoms with E-state index >= 15 is 0 Å². The van der Waals surface area contributed by atoms with Crippen molar-refractivity contribution in [1.29, 1.82) is 0 Å². The van der Waals surface area contributed by atoms with E-state index < -0.39 is 0 Å². The molecule has 7 heteroatoms. The van der Waals surface area contributed by atoms with Crippen LogP contribution < -0.4 is 10.1 Å². The molecule has 1 aliphatic heterocycles. The highest BCUT2D eigenvalue weighted by Crippen LogP contribution is 2.32. The molecule has 0 saturated carbocycles. The minimum Gasteiger partial charge on any atom is -0.493 e. The molecule has 2 heterocycles. The maximum atomic E-state index is 12.4. The number of aryl methyl sites for hydroxylation is 1. The van der Waals surface area contributed by atoms with Crippen LogP contribution in [0.15, 0.2) is 53.1 Å². The first-order chi connectivity index (χ1) is 13.6. The third kappa shape index (κ3) is 4.16. The standard InChI is InChI=1S/C21H18Cl2N2O3/c22-13-5-6-14(16(23)11-13)19-12-24-21(28-19)8-7-20(26)25-17-9-10-27-18-4-2-1-3-15(17)18/h1-6,11-12,17H,7-10H2,(H,25,26). The fraction of sp³-hybridized carbons (Fsp3) is 0.238. The fourth-order valence-electron chi connectivity index (χ4n) is 3.22. The molecule has 3 aromatic rings. The van der Waals surface area contributed by atoms with Crippen LogP contribution in [0.4, 0.5) is 0 Å². The van der Waals surface area contributed by atoms with Gasteiger partial charge in [0, 0.05) is 35.4 Å². The van der Waals surface area contributed by atoms with E-state index in [4.69, 9.17) is 32.4 Å². The van der Waals surface area contributed by atoms with Gasteiger partial charge in [0.15, 0.2) is 11.7 Å². The summed E-state index contributed by atoms with van der Waals surface area (Å²) in [6.45, 7) is 0.590. The van der Waals surface area contributed by atoms with Crippen molar-refractivity contribution < 1.29 is 13.9 Å². The molecule has 0 fully saturated rings. The molecular formula is C21H18Cl2N2O3. The summed E-state index contributed by atoms with van der Waals surface area (Å²) in [5, 5.41) is 4.12. The molecule has 0 radical (unpaired) electrons. The Balaban J connectivity index is 1.37. The van der Waals surface area contributed by atoms with Crippen LogP contribution in [-0.2, 0) is 11.2 Å². The monoisotopic (exact) mass is 416 g/mol. The predicted molar refractivity (Wildman–Crippen MR) is 108 cm³/mol. The number of hydrogen-bond acceptors (Lipinski definition) is 4. The van der Waals surface area contributed by atoms with Gasteiger partial charge in [0.05, 0.1) is 23.9 Å². The Kier molecular flexibility index (Phi) is 5.55. The van der Waals surface area contributed by atoms with E-state index in [-0.39, 0.29) is 18.4 Å². The Morgan fingerprint density at radius 2 is 2.07 bits per heavy atom. The van der Waals surface area contributed by atoms with Gasteiger partial charge in [0.25, 0.3) is 0 Å². The number of carbonyl (C=O) groups is 1. The number of halogens is 2. The molecule has 1 atom stereocenters. The molecule has 1 amide bonds. The number of amides is 1. The van der Waals surface area contributed by atoms with Crippen molar-refractivity contribution in [3.05, 3.63) is 70.2 Å². The lowest BCUT2D eigenvalue weighted by Gasteiger charge is -2.26. The van der Waals surface area contributed by atoms with Gasteiger partial charge >= 0.3 is 0 Å². The Labute approximate surface area is 172 Å². The Morgan fingerprint density at radius 3 is 2.93 bits per heavy atom. The number of ether oxygens (including phenoxy) is 1. The average Bonchev–Trinajstić information content (AvgIpc) is 3.15. The number of benzene rings is 2. The largest absolute Gasteiger partial charge is 0.493 e. The summed E-state index contributed by atoms with van der Waals surface area (Å²) in [6, 6.07) is 12.9. The van der Waals surface area contributed by atoms with E-state index in [2.05, 4.69) is 10.3 Å². The zero-order valence-electron chi connectivity index (χ0n) is 15.0. The molecule has 144 valence electrons. The molecule has 1 aromatic heterocycles. The van der Waals surface area contributed by atoms with Crippen LogP contribution in [0.2, 0.25) is 10.0 Å². The molecular weight excluding hydrogens is 399 g/mol. The third-order valence-corrected chi connectivity index (χ3v) is 5.16. The van der Waals surface area contributed by atoms with Crippen LogP contribution in [0.3, 0.4) is 0 Å². The lowest BCUT2D eigenvalue weighted by atomic mass is 10.0. The number of para-hydroxylation sites is 1. The first-order valence-corrected chi connectivity index (χ1v) is 9.77. The minimum atomic E-state index is -0.0500. The van der Waals surface area contributed by atoms with E-state index in [1.807, 2.05) is 24.3 Å². The summed E-state index contributed by atoms with van der Waals surface area (Å²) in [6.07, 6.45) is 3.05. The molecule has 4 rings (SSSR count). The molecule has 0 spiro atoms. The van der Waals surface area contributed by atoms with E-state index in [0.29, 0.717) is 40.3 Å². The van der Waals surface area contributed by atoms with E-state index in [1.165, 1.54) is 0 Å².